The van der Waals surface area contributed by atoms with Gasteiger partial charge in [-0.2, -0.15) is 0 Å². The maximum Gasteiger partial charge on any atom is 0.410 e. The molecule has 22 heavy (non-hydrogen) atoms. The molecular formula is C18H36N2O2. The van der Waals surface area contributed by atoms with Crippen LogP contribution in [-0.2, 0) is 4.74 Å². The Morgan fingerprint density at radius 3 is 2.59 bits per heavy atom. The molecule has 1 N–H and O–H groups in total. The van der Waals surface area contributed by atoms with E-state index in [2.05, 4.69) is 12.2 Å². The molecule has 4 nitrogen and oxygen atoms in total. The van der Waals surface area contributed by atoms with E-state index in [0.29, 0.717) is 5.92 Å². The lowest BCUT2D eigenvalue weighted by Gasteiger charge is -2.24. The number of nitrogens with zero attached hydrogens (tertiary/aromatic N) is 1. The Hall–Kier alpha value is -0.770. The van der Waals surface area contributed by atoms with E-state index in [1.807, 2.05) is 25.7 Å². The van der Waals surface area contributed by atoms with Crippen LogP contribution in [0, 0.1) is 5.92 Å². The van der Waals surface area contributed by atoms with Crippen LogP contribution in [0.2, 0.25) is 0 Å². The maximum absolute atomic E-state index is 12.0. The van der Waals surface area contributed by atoms with Gasteiger partial charge in [0.05, 0.1) is 0 Å². The van der Waals surface area contributed by atoms with Gasteiger partial charge < -0.3 is 15.0 Å². The van der Waals surface area contributed by atoms with Gasteiger partial charge in [-0.15, -0.1) is 0 Å². The first kappa shape index (κ1) is 19.3. The second-order valence-corrected chi connectivity index (χ2v) is 7.53. The van der Waals surface area contributed by atoms with E-state index >= 15 is 0 Å². The first-order chi connectivity index (χ1) is 10.4. The summed E-state index contributed by atoms with van der Waals surface area (Å²) in [5, 5.41) is 3.54. The number of carbonyl (C=O) groups is 1. The van der Waals surface area contributed by atoms with Crippen LogP contribution >= 0.6 is 0 Å². The molecule has 1 atom stereocenters. The molecule has 0 radical (unpaired) electrons. The van der Waals surface area contributed by atoms with Crippen molar-refractivity contribution in [1.29, 1.82) is 0 Å². The molecule has 1 unspecified atom stereocenters. The fourth-order valence-corrected chi connectivity index (χ4v) is 2.85. The number of unbranched alkanes of at least 4 members (excludes halogenated alkanes) is 4. The second-order valence-electron chi connectivity index (χ2n) is 7.53. The summed E-state index contributed by atoms with van der Waals surface area (Å²) >= 11 is 0. The molecule has 1 heterocycles. The third-order valence-corrected chi connectivity index (χ3v) is 4.12. The Morgan fingerprint density at radius 1 is 1.18 bits per heavy atom. The van der Waals surface area contributed by atoms with Gasteiger partial charge in [0.2, 0.25) is 0 Å². The Bertz CT molecular complexity index is 313. The van der Waals surface area contributed by atoms with Crippen LogP contribution in [0.3, 0.4) is 0 Å². The Labute approximate surface area is 137 Å². The van der Waals surface area contributed by atoms with Crippen molar-refractivity contribution < 1.29 is 9.53 Å². The Balaban J connectivity index is 2.03. The van der Waals surface area contributed by atoms with Gasteiger partial charge in [0.15, 0.2) is 0 Å². The highest BCUT2D eigenvalue weighted by molar-refractivity contribution is 5.68. The van der Waals surface area contributed by atoms with E-state index in [9.17, 15) is 4.79 Å². The molecule has 1 amide bonds. The van der Waals surface area contributed by atoms with E-state index in [1.165, 1.54) is 32.1 Å². The molecular weight excluding hydrogens is 276 g/mol. The average Bonchev–Trinajstić information content (AvgIpc) is 2.89. The van der Waals surface area contributed by atoms with Crippen LogP contribution in [0.4, 0.5) is 4.79 Å². The number of likely N-dealkylation sites (tertiary alicyclic amines) is 1. The zero-order valence-electron chi connectivity index (χ0n) is 15.1. The molecule has 0 spiro atoms. The minimum Gasteiger partial charge on any atom is -0.444 e. The highest BCUT2D eigenvalue weighted by Gasteiger charge is 2.29. The summed E-state index contributed by atoms with van der Waals surface area (Å²) in [7, 11) is 0. The summed E-state index contributed by atoms with van der Waals surface area (Å²) < 4.78 is 5.43. The molecule has 4 heteroatoms. The number of hydrogen-bond acceptors (Lipinski definition) is 3. The van der Waals surface area contributed by atoms with Crippen LogP contribution in [0.5, 0.6) is 0 Å². The normalized spacial score (nSPS) is 18.7. The summed E-state index contributed by atoms with van der Waals surface area (Å²) in [4.78, 5) is 13.9. The third-order valence-electron chi connectivity index (χ3n) is 4.12. The summed E-state index contributed by atoms with van der Waals surface area (Å²) in [5.41, 5.74) is -0.394. The predicted molar refractivity (Wildman–Crippen MR) is 92.2 cm³/mol. The molecule has 0 aromatic rings. The van der Waals surface area contributed by atoms with Gasteiger partial charge in [0.1, 0.15) is 5.60 Å². The minimum absolute atomic E-state index is 0.154. The summed E-state index contributed by atoms with van der Waals surface area (Å²) in [5.74, 6) is 0.625. The van der Waals surface area contributed by atoms with Gasteiger partial charge >= 0.3 is 6.09 Å². The molecule has 130 valence electrons. The number of rotatable bonds is 9. The number of carbonyl (C=O) groups excluding carboxylic acids is 1. The van der Waals surface area contributed by atoms with Crippen LogP contribution in [-0.4, -0.2) is 42.8 Å². The molecule has 1 fully saturated rings. The van der Waals surface area contributed by atoms with Crippen molar-refractivity contribution in [2.45, 2.75) is 78.2 Å². The zero-order valence-corrected chi connectivity index (χ0v) is 15.1. The van der Waals surface area contributed by atoms with E-state index in [1.54, 1.807) is 0 Å². The van der Waals surface area contributed by atoms with Gasteiger partial charge in [-0.05, 0) is 59.0 Å². The first-order valence-electron chi connectivity index (χ1n) is 9.11. The van der Waals surface area contributed by atoms with Crippen molar-refractivity contribution in [3.63, 3.8) is 0 Å². The number of ether oxygens (including phenoxy) is 1. The number of hydrogen-bond donors (Lipinski definition) is 1. The standard InChI is InChI=1S/C18H36N2O2/c1-5-6-7-8-9-12-19-13-10-16-11-14-20(15-16)17(21)22-18(2,3)4/h16,19H,5-15H2,1-4H3. The molecule has 1 aliphatic rings. The van der Waals surface area contributed by atoms with Crippen molar-refractivity contribution in [2.24, 2.45) is 5.92 Å². The molecule has 1 aliphatic heterocycles. The zero-order chi connectivity index (χ0) is 16.4. The quantitative estimate of drug-likeness (QED) is 0.649. The van der Waals surface area contributed by atoms with Crippen LogP contribution in [0.1, 0.15) is 72.6 Å². The van der Waals surface area contributed by atoms with E-state index in [-0.39, 0.29) is 6.09 Å². The largest absolute Gasteiger partial charge is 0.444 e. The molecule has 0 aromatic carbocycles. The monoisotopic (exact) mass is 312 g/mol. The van der Waals surface area contributed by atoms with Gasteiger partial charge in [-0.3, -0.25) is 0 Å². The summed E-state index contributed by atoms with van der Waals surface area (Å²) in [6.07, 6.45) is 8.79. The van der Waals surface area contributed by atoms with E-state index < -0.39 is 5.60 Å². The first-order valence-corrected chi connectivity index (χ1v) is 9.11. The van der Waals surface area contributed by atoms with Crippen molar-refractivity contribution in [3.8, 4) is 0 Å². The minimum atomic E-state index is -0.394. The van der Waals surface area contributed by atoms with Crippen LogP contribution in [0.15, 0.2) is 0 Å². The van der Waals surface area contributed by atoms with E-state index in [0.717, 1.165) is 39.0 Å². The van der Waals surface area contributed by atoms with E-state index in [4.69, 9.17) is 4.74 Å². The molecule has 1 rings (SSSR count). The predicted octanol–water partition coefficient (Wildman–Crippen LogP) is 4.19. The molecule has 0 saturated carbocycles. The van der Waals surface area contributed by atoms with Crippen molar-refractivity contribution in [3.05, 3.63) is 0 Å². The highest BCUT2D eigenvalue weighted by atomic mass is 16.6. The van der Waals surface area contributed by atoms with Crippen LogP contribution < -0.4 is 5.32 Å². The van der Waals surface area contributed by atoms with Crippen molar-refractivity contribution >= 4 is 6.09 Å². The van der Waals surface area contributed by atoms with Crippen molar-refractivity contribution in [2.75, 3.05) is 26.2 Å². The molecule has 1 saturated heterocycles. The molecule has 0 aromatic heterocycles. The SMILES string of the molecule is CCCCCCCNCCC1CCN(C(=O)OC(C)(C)C)C1. The smallest absolute Gasteiger partial charge is 0.410 e. The fourth-order valence-electron chi connectivity index (χ4n) is 2.85. The number of amides is 1. The molecule has 0 bridgehead atoms. The topological polar surface area (TPSA) is 41.6 Å². The van der Waals surface area contributed by atoms with Gasteiger partial charge in [-0.25, -0.2) is 4.79 Å². The lowest BCUT2D eigenvalue weighted by molar-refractivity contribution is 0.0287. The van der Waals surface area contributed by atoms with Gasteiger partial charge in [-0.1, -0.05) is 32.6 Å². The van der Waals surface area contributed by atoms with Crippen molar-refractivity contribution in [1.82, 2.24) is 10.2 Å². The van der Waals surface area contributed by atoms with Crippen LogP contribution in [0.25, 0.3) is 0 Å². The highest BCUT2D eigenvalue weighted by Crippen LogP contribution is 2.21. The summed E-state index contributed by atoms with van der Waals surface area (Å²) in [6, 6.07) is 0. The van der Waals surface area contributed by atoms with Gasteiger partial charge in [0, 0.05) is 13.1 Å². The third kappa shape index (κ3) is 8.62. The lowest BCUT2D eigenvalue weighted by atomic mass is 10.1. The average molecular weight is 312 g/mol. The maximum atomic E-state index is 12.0. The summed E-state index contributed by atoms with van der Waals surface area (Å²) in [6.45, 7) is 11.9. The van der Waals surface area contributed by atoms with Gasteiger partial charge in [0.25, 0.3) is 0 Å². The number of nitrogens with one attached hydrogen (secondary N) is 1. The second kappa shape index (κ2) is 10.1. The Kier molecular flexibility index (Phi) is 8.84. The fraction of sp³-hybridized carbons (Fsp3) is 0.944. The lowest BCUT2D eigenvalue weighted by Crippen LogP contribution is -2.35. The molecule has 0 aliphatic carbocycles. The Morgan fingerprint density at radius 2 is 1.91 bits per heavy atom.